The molecular formula is C15H21N3O3. The van der Waals surface area contributed by atoms with Crippen LogP contribution in [0.2, 0.25) is 0 Å². The van der Waals surface area contributed by atoms with Crippen LogP contribution in [0.3, 0.4) is 0 Å². The van der Waals surface area contributed by atoms with E-state index >= 15 is 0 Å². The summed E-state index contributed by atoms with van der Waals surface area (Å²) in [6, 6.07) is 5.00. The van der Waals surface area contributed by atoms with E-state index in [1.165, 1.54) is 0 Å². The molecule has 1 aromatic rings. The quantitative estimate of drug-likeness (QED) is 0.693. The molecule has 1 aliphatic heterocycles. The van der Waals surface area contributed by atoms with E-state index in [9.17, 15) is 9.59 Å². The second-order valence-corrected chi connectivity index (χ2v) is 5.09. The molecule has 1 aromatic carbocycles. The number of hydrogen-bond donors (Lipinski definition) is 3. The van der Waals surface area contributed by atoms with Gasteiger partial charge >= 0.3 is 0 Å². The van der Waals surface area contributed by atoms with E-state index in [0.29, 0.717) is 25.1 Å². The molecule has 1 unspecified atom stereocenters. The first-order valence-electron chi connectivity index (χ1n) is 7.18. The maximum Gasteiger partial charge on any atom is 0.238 e. The van der Waals surface area contributed by atoms with Crippen molar-refractivity contribution in [2.75, 3.05) is 18.5 Å². The van der Waals surface area contributed by atoms with Crippen molar-refractivity contribution in [3.63, 3.8) is 0 Å². The van der Waals surface area contributed by atoms with Crippen molar-refractivity contribution >= 4 is 17.5 Å². The Morgan fingerprint density at radius 1 is 1.48 bits per heavy atom. The van der Waals surface area contributed by atoms with Gasteiger partial charge in [-0.3, -0.25) is 9.59 Å². The van der Waals surface area contributed by atoms with Gasteiger partial charge in [-0.1, -0.05) is 6.92 Å². The highest BCUT2D eigenvalue weighted by Gasteiger charge is 2.17. The third-order valence-electron chi connectivity index (χ3n) is 3.37. The number of amides is 2. The number of rotatable bonds is 7. The molecule has 0 bridgehead atoms. The molecule has 1 heterocycles. The number of anilines is 1. The largest absolute Gasteiger partial charge is 0.491 e. The van der Waals surface area contributed by atoms with E-state index in [4.69, 9.17) is 10.5 Å². The Morgan fingerprint density at radius 2 is 2.29 bits per heavy atom. The number of nitrogens with one attached hydrogen (secondary N) is 2. The molecule has 0 aromatic heterocycles. The first-order valence-corrected chi connectivity index (χ1v) is 7.18. The van der Waals surface area contributed by atoms with Crippen LogP contribution in [0.4, 0.5) is 5.69 Å². The molecule has 0 saturated carbocycles. The lowest BCUT2D eigenvalue weighted by molar-refractivity contribution is -0.120. The molecule has 0 radical (unpaired) electrons. The van der Waals surface area contributed by atoms with Crippen molar-refractivity contribution in [1.82, 2.24) is 5.32 Å². The summed E-state index contributed by atoms with van der Waals surface area (Å²) in [7, 11) is 0. The number of benzene rings is 1. The first-order chi connectivity index (χ1) is 10.1. The van der Waals surface area contributed by atoms with E-state index in [2.05, 4.69) is 10.6 Å². The lowest BCUT2D eigenvalue weighted by atomic mass is 10.0. The van der Waals surface area contributed by atoms with Crippen LogP contribution in [0.1, 0.15) is 25.3 Å². The van der Waals surface area contributed by atoms with Crippen LogP contribution >= 0.6 is 0 Å². The van der Waals surface area contributed by atoms with E-state index in [0.717, 1.165) is 17.7 Å². The fourth-order valence-electron chi connectivity index (χ4n) is 2.19. The molecule has 1 atom stereocenters. The Kier molecular flexibility index (Phi) is 5.16. The summed E-state index contributed by atoms with van der Waals surface area (Å²) in [5.74, 6) is 0.289. The van der Waals surface area contributed by atoms with Gasteiger partial charge in [-0.15, -0.1) is 0 Å². The van der Waals surface area contributed by atoms with Crippen LogP contribution in [0, 0.1) is 0 Å². The molecule has 0 fully saturated rings. The fraction of sp³-hybridized carbons (Fsp3) is 0.467. The summed E-state index contributed by atoms with van der Waals surface area (Å²) < 4.78 is 5.64. The number of carbonyl (C=O) groups excluding carboxylic acids is 2. The van der Waals surface area contributed by atoms with Gasteiger partial charge in [0.15, 0.2) is 0 Å². The number of carbonyl (C=O) groups is 2. The van der Waals surface area contributed by atoms with Gasteiger partial charge in [-0.25, -0.2) is 0 Å². The van der Waals surface area contributed by atoms with Crippen LogP contribution in [0.25, 0.3) is 0 Å². The average molecular weight is 291 g/mol. The van der Waals surface area contributed by atoms with Crippen molar-refractivity contribution in [2.45, 2.75) is 32.2 Å². The van der Waals surface area contributed by atoms with Gasteiger partial charge in [-0.2, -0.15) is 0 Å². The third kappa shape index (κ3) is 4.19. The Morgan fingerprint density at radius 3 is 3.00 bits per heavy atom. The molecule has 4 N–H and O–H groups in total. The van der Waals surface area contributed by atoms with Crippen LogP contribution in [0.5, 0.6) is 5.75 Å². The third-order valence-corrected chi connectivity index (χ3v) is 3.37. The van der Waals surface area contributed by atoms with E-state index in [-0.39, 0.29) is 12.5 Å². The fourth-order valence-corrected chi connectivity index (χ4v) is 2.19. The Labute approximate surface area is 124 Å². The lowest BCUT2D eigenvalue weighted by Crippen LogP contribution is -2.45. The molecule has 2 amide bonds. The Balaban J connectivity index is 1.96. The first kappa shape index (κ1) is 15.3. The highest BCUT2D eigenvalue weighted by molar-refractivity contribution is 5.94. The van der Waals surface area contributed by atoms with Gasteiger partial charge < -0.3 is 21.1 Å². The average Bonchev–Trinajstić information content (AvgIpc) is 2.47. The summed E-state index contributed by atoms with van der Waals surface area (Å²) in [4.78, 5) is 22.6. The number of fused-ring (bicyclic) bond motifs is 1. The maximum atomic E-state index is 11.3. The molecule has 2 rings (SSSR count). The molecule has 0 spiro atoms. The standard InChI is InChI=1S/C15H21N3O3/c1-2-7-17-13(15(16)20)9-21-11-4-5-12-10(8-11)3-6-14(19)18-12/h4-5,8,13,17H,2-3,6-7,9H2,1H3,(H2,16,20)(H,18,19). The number of aryl methyl sites for hydroxylation is 1. The smallest absolute Gasteiger partial charge is 0.238 e. The van der Waals surface area contributed by atoms with Gasteiger partial charge in [0, 0.05) is 12.1 Å². The predicted octanol–water partition coefficient (Wildman–Crippen LogP) is 0.804. The molecule has 0 aliphatic carbocycles. The molecule has 6 heteroatoms. The summed E-state index contributed by atoms with van der Waals surface area (Å²) in [5, 5.41) is 5.87. The van der Waals surface area contributed by atoms with Crippen LogP contribution < -0.4 is 21.1 Å². The SMILES string of the molecule is CCCNC(COc1ccc2c(c1)CCC(=O)N2)C(N)=O. The highest BCUT2D eigenvalue weighted by atomic mass is 16.5. The molecule has 1 aliphatic rings. The van der Waals surface area contributed by atoms with Crippen molar-refractivity contribution in [1.29, 1.82) is 0 Å². The lowest BCUT2D eigenvalue weighted by Gasteiger charge is -2.19. The minimum Gasteiger partial charge on any atom is -0.491 e. The molecule has 114 valence electrons. The Bertz CT molecular complexity index is 531. The van der Waals surface area contributed by atoms with E-state index < -0.39 is 11.9 Å². The van der Waals surface area contributed by atoms with Gasteiger partial charge in [0.25, 0.3) is 0 Å². The van der Waals surface area contributed by atoms with Crippen LogP contribution in [-0.2, 0) is 16.0 Å². The van der Waals surface area contributed by atoms with Gasteiger partial charge in [-0.05, 0) is 43.1 Å². The number of ether oxygens (including phenoxy) is 1. The molecule has 21 heavy (non-hydrogen) atoms. The maximum absolute atomic E-state index is 11.3. The van der Waals surface area contributed by atoms with Crippen molar-refractivity contribution in [2.24, 2.45) is 5.73 Å². The topological polar surface area (TPSA) is 93.4 Å². The zero-order valence-corrected chi connectivity index (χ0v) is 12.1. The number of nitrogens with two attached hydrogens (primary N) is 1. The monoisotopic (exact) mass is 291 g/mol. The predicted molar refractivity (Wildman–Crippen MR) is 80.2 cm³/mol. The van der Waals surface area contributed by atoms with E-state index in [1.54, 1.807) is 6.07 Å². The highest BCUT2D eigenvalue weighted by Crippen LogP contribution is 2.26. The second kappa shape index (κ2) is 7.08. The zero-order valence-electron chi connectivity index (χ0n) is 12.1. The van der Waals surface area contributed by atoms with Gasteiger partial charge in [0.05, 0.1) is 0 Å². The molecule has 0 saturated heterocycles. The second-order valence-electron chi connectivity index (χ2n) is 5.09. The summed E-state index contributed by atoms with van der Waals surface area (Å²) in [5.41, 5.74) is 7.21. The zero-order chi connectivity index (χ0) is 15.2. The van der Waals surface area contributed by atoms with Crippen LogP contribution in [-0.4, -0.2) is 31.0 Å². The van der Waals surface area contributed by atoms with Crippen LogP contribution in [0.15, 0.2) is 18.2 Å². The minimum absolute atomic E-state index is 0.0359. The summed E-state index contributed by atoms with van der Waals surface area (Å²) in [6.45, 7) is 2.93. The van der Waals surface area contributed by atoms with Crippen molar-refractivity contribution in [3.8, 4) is 5.75 Å². The van der Waals surface area contributed by atoms with Gasteiger partial charge in [0.1, 0.15) is 18.4 Å². The van der Waals surface area contributed by atoms with Crippen molar-refractivity contribution < 1.29 is 14.3 Å². The normalized spacial score (nSPS) is 15.0. The van der Waals surface area contributed by atoms with Gasteiger partial charge in [0.2, 0.25) is 11.8 Å². The Hall–Kier alpha value is -2.08. The molecule has 6 nitrogen and oxygen atoms in total. The van der Waals surface area contributed by atoms with Crippen molar-refractivity contribution in [3.05, 3.63) is 23.8 Å². The summed E-state index contributed by atoms with van der Waals surface area (Å²) >= 11 is 0. The number of hydrogen-bond acceptors (Lipinski definition) is 4. The molecular weight excluding hydrogens is 270 g/mol. The minimum atomic E-state index is -0.499. The summed E-state index contributed by atoms with van der Waals surface area (Å²) in [6.07, 6.45) is 2.10. The van der Waals surface area contributed by atoms with E-state index in [1.807, 2.05) is 19.1 Å². The number of primary amides is 1.